The molecular weight excluding hydrogens is 311 g/mol. The highest BCUT2D eigenvalue weighted by Gasteiger charge is 2.18. The highest BCUT2D eigenvalue weighted by molar-refractivity contribution is 7.80. The Bertz CT molecular complexity index is 925. The van der Waals surface area contributed by atoms with Gasteiger partial charge in [-0.2, -0.15) is 0 Å². The molecule has 1 nitrogen and oxygen atoms in total. The Morgan fingerprint density at radius 1 is 0.500 bits per heavy atom. The van der Waals surface area contributed by atoms with E-state index in [2.05, 4.69) is 72.8 Å². The Balaban J connectivity index is 2.00. The van der Waals surface area contributed by atoms with Crippen molar-refractivity contribution in [2.45, 2.75) is 0 Å². The van der Waals surface area contributed by atoms with E-state index in [1.165, 1.54) is 15.9 Å². The summed E-state index contributed by atoms with van der Waals surface area (Å²) in [6.45, 7) is 0. The molecule has 4 aromatic carbocycles. The molecule has 1 N–H and O–H groups in total. The molecule has 116 valence electrons. The molecule has 0 fully saturated rings. The quantitative estimate of drug-likeness (QED) is 0.556. The third-order valence-corrected chi connectivity index (χ3v) is 6.65. The Kier molecular flexibility index (Phi) is 4.02. The lowest BCUT2D eigenvalue weighted by molar-refractivity contribution is 0.481. The van der Waals surface area contributed by atoms with Gasteiger partial charge in [0.1, 0.15) is 5.75 Å². The van der Waals surface area contributed by atoms with Crippen LogP contribution in [0, 0.1) is 0 Å². The van der Waals surface area contributed by atoms with E-state index < -0.39 is 7.92 Å². The standard InChI is InChI=1S/C22H17OP/c23-21-15-7-14-20-19(21)13-8-16-22(20)24(17-9-3-1-4-10-17)18-11-5-2-6-12-18/h1-16,23H. The summed E-state index contributed by atoms with van der Waals surface area (Å²) in [6, 6.07) is 33.2. The molecule has 4 rings (SSSR count). The van der Waals surface area contributed by atoms with Crippen LogP contribution >= 0.6 is 7.92 Å². The molecular formula is C22H17OP. The van der Waals surface area contributed by atoms with Crippen molar-refractivity contribution >= 4 is 34.6 Å². The minimum absolute atomic E-state index is 0.338. The van der Waals surface area contributed by atoms with Gasteiger partial charge in [-0.05, 0) is 35.3 Å². The van der Waals surface area contributed by atoms with E-state index in [4.69, 9.17) is 0 Å². The lowest BCUT2D eigenvalue weighted by Gasteiger charge is -2.21. The highest BCUT2D eigenvalue weighted by atomic mass is 31.1. The summed E-state index contributed by atoms with van der Waals surface area (Å²) < 4.78 is 0. The first kappa shape index (κ1) is 14.9. The van der Waals surface area contributed by atoms with Crippen molar-refractivity contribution in [1.29, 1.82) is 0 Å². The van der Waals surface area contributed by atoms with Crippen LogP contribution in [-0.2, 0) is 0 Å². The van der Waals surface area contributed by atoms with Gasteiger partial charge < -0.3 is 5.11 Å². The first-order chi connectivity index (χ1) is 11.8. The zero-order chi connectivity index (χ0) is 16.4. The van der Waals surface area contributed by atoms with Crippen LogP contribution in [0.1, 0.15) is 0 Å². The third kappa shape index (κ3) is 2.68. The van der Waals surface area contributed by atoms with Crippen molar-refractivity contribution in [3.8, 4) is 5.75 Å². The van der Waals surface area contributed by atoms with E-state index in [1.807, 2.05) is 18.2 Å². The van der Waals surface area contributed by atoms with Crippen molar-refractivity contribution < 1.29 is 5.11 Å². The number of aromatic hydroxyl groups is 1. The van der Waals surface area contributed by atoms with Gasteiger partial charge >= 0.3 is 0 Å². The number of fused-ring (bicyclic) bond motifs is 1. The first-order valence-corrected chi connectivity index (χ1v) is 9.30. The van der Waals surface area contributed by atoms with Gasteiger partial charge in [0.2, 0.25) is 0 Å². The molecule has 0 saturated carbocycles. The maximum atomic E-state index is 10.2. The van der Waals surface area contributed by atoms with Gasteiger partial charge in [-0.3, -0.25) is 0 Å². The van der Waals surface area contributed by atoms with Gasteiger partial charge in [0.15, 0.2) is 0 Å². The van der Waals surface area contributed by atoms with Crippen LogP contribution in [0.4, 0.5) is 0 Å². The van der Waals surface area contributed by atoms with E-state index in [0.717, 1.165) is 10.8 Å². The molecule has 0 atom stereocenters. The molecule has 0 aliphatic carbocycles. The molecule has 0 unspecified atom stereocenters. The van der Waals surface area contributed by atoms with Crippen molar-refractivity contribution in [3.63, 3.8) is 0 Å². The molecule has 0 aliphatic heterocycles. The van der Waals surface area contributed by atoms with Crippen LogP contribution in [-0.4, -0.2) is 5.11 Å². The number of phenolic OH excluding ortho intramolecular Hbond substituents is 1. The molecule has 2 heteroatoms. The first-order valence-electron chi connectivity index (χ1n) is 7.95. The summed E-state index contributed by atoms with van der Waals surface area (Å²) in [6.07, 6.45) is 0. The second kappa shape index (κ2) is 6.47. The highest BCUT2D eigenvalue weighted by Crippen LogP contribution is 2.37. The van der Waals surface area contributed by atoms with Crippen LogP contribution in [0.5, 0.6) is 5.75 Å². The van der Waals surface area contributed by atoms with Crippen LogP contribution in [0.2, 0.25) is 0 Å². The third-order valence-electron chi connectivity index (χ3n) is 4.15. The van der Waals surface area contributed by atoms with E-state index in [1.54, 1.807) is 6.07 Å². The normalized spacial score (nSPS) is 11.0. The molecule has 0 bridgehead atoms. The molecule has 0 amide bonds. The zero-order valence-electron chi connectivity index (χ0n) is 13.1. The largest absolute Gasteiger partial charge is 0.507 e. The maximum absolute atomic E-state index is 10.2. The average Bonchev–Trinajstić information content (AvgIpc) is 2.65. The Hall–Kier alpha value is -2.63. The lowest BCUT2D eigenvalue weighted by atomic mass is 10.1. The van der Waals surface area contributed by atoms with E-state index in [-0.39, 0.29) is 0 Å². The maximum Gasteiger partial charge on any atom is 0.123 e. The van der Waals surface area contributed by atoms with Crippen molar-refractivity contribution in [2.75, 3.05) is 0 Å². The second-order valence-corrected chi connectivity index (χ2v) is 7.84. The number of hydrogen-bond acceptors (Lipinski definition) is 1. The molecule has 0 heterocycles. The van der Waals surface area contributed by atoms with Crippen LogP contribution < -0.4 is 15.9 Å². The SMILES string of the molecule is Oc1cccc2c(P(c3ccccc3)c3ccccc3)cccc12. The zero-order valence-corrected chi connectivity index (χ0v) is 14.0. The topological polar surface area (TPSA) is 20.2 Å². The number of phenols is 1. The number of hydrogen-bond donors (Lipinski definition) is 1. The number of rotatable bonds is 3. The van der Waals surface area contributed by atoms with Crippen molar-refractivity contribution in [3.05, 3.63) is 97.1 Å². The fraction of sp³-hybridized carbons (Fsp3) is 0. The summed E-state index contributed by atoms with van der Waals surface area (Å²) in [7, 11) is -0.669. The Morgan fingerprint density at radius 3 is 1.67 bits per heavy atom. The second-order valence-electron chi connectivity index (χ2n) is 5.66. The lowest BCUT2D eigenvalue weighted by Crippen LogP contribution is -2.21. The fourth-order valence-corrected chi connectivity index (χ4v) is 5.52. The predicted molar refractivity (Wildman–Crippen MR) is 104 cm³/mol. The minimum Gasteiger partial charge on any atom is -0.507 e. The molecule has 0 radical (unpaired) electrons. The van der Waals surface area contributed by atoms with E-state index >= 15 is 0 Å². The average molecular weight is 328 g/mol. The molecule has 0 aromatic heterocycles. The van der Waals surface area contributed by atoms with Crippen LogP contribution in [0.15, 0.2) is 97.1 Å². The summed E-state index contributed by atoms with van der Waals surface area (Å²) >= 11 is 0. The summed E-state index contributed by atoms with van der Waals surface area (Å²) in [5, 5.41) is 16.2. The Labute approximate surface area is 143 Å². The molecule has 0 saturated heterocycles. The monoisotopic (exact) mass is 328 g/mol. The van der Waals surface area contributed by atoms with Gasteiger partial charge in [-0.1, -0.05) is 91.0 Å². The van der Waals surface area contributed by atoms with E-state index in [0.29, 0.717) is 5.75 Å². The summed E-state index contributed by atoms with van der Waals surface area (Å²) in [5.41, 5.74) is 0. The van der Waals surface area contributed by atoms with Gasteiger partial charge in [0.05, 0.1) is 0 Å². The van der Waals surface area contributed by atoms with Crippen molar-refractivity contribution in [2.24, 2.45) is 0 Å². The fourth-order valence-electron chi connectivity index (χ4n) is 3.05. The van der Waals surface area contributed by atoms with Gasteiger partial charge in [0.25, 0.3) is 0 Å². The minimum atomic E-state index is -0.669. The summed E-state index contributed by atoms with van der Waals surface area (Å²) in [5.74, 6) is 0.338. The smallest absolute Gasteiger partial charge is 0.123 e. The van der Waals surface area contributed by atoms with E-state index in [9.17, 15) is 5.11 Å². The molecule has 0 spiro atoms. The molecule has 4 aromatic rings. The summed E-state index contributed by atoms with van der Waals surface area (Å²) in [4.78, 5) is 0. The van der Waals surface area contributed by atoms with Gasteiger partial charge in [-0.25, -0.2) is 0 Å². The van der Waals surface area contributed by atoms with Gasteiger partial charge in [-0.15, -0.1) is 0 Å². The van der Waals surface area contributed by atoms with Crippen molar-refractivity contribution in [1.82, 2.24) is 0 Å². The van der Waals surface area contributed by atoms with Crippen LogP contribution in [0.25, 0.3) is 10.8 Å². The van der Waals surface area contributed by atoms with Crippen LogP contribution in [0.3, 0.4) is 0 Å². The predicted octanol–water partition coefficient (Wildman–Crippen LogP) is 4.30. The number of benzene rings is 4. The Morgan fingerprint density at radius 2 is 1.04 bits per heavy atom. The van der Waals surface area contributed by atoms with Gasteiger partial charge in [0, 0.05) is 5.39 Å². The molecule has 24 heavy (non-hydrogen) atoms. The molecule has 0 aliphatic rings.